The van der Waals surface area contributed by atoms with Gasteiger partial charge in [-0.05, 0) is 39.3 Å². The molecular formula is C15H21N3O2. The predicted molar refractivity (Wildman–Crippen MR) is 77.6 cm³/mol. The number of carbonyl (C=O) groups excluding carboxylic acids is 1. The highest BCUT2D eigenvalue weighted by molar-refractivity contribution is 5.77. The quantitative estimate of drug-likeness (QED) is 0.868. The van der Waals surface area contributed by atoms with Gasteiger partial charge in [-0.1, -0.05) is 6.07 Å². The molecule has 5 nitrogen and oxygen atoms in total. The largest absolute Gasteiger partial charge is 0.394 e. The summed E-state index contributed by atoms with van der Waals surface area (Å²) in [4.78, 5) is 16.4. The molecule has 108 valence electrons. The van der Waals surface area contributed by atoms with Crippen LogP contribution in [0.25, 0.3) is 5.65 Å². The molecule has 0 fully saturated rings. The number of hydrogen-bond donors (Lipinski definition) is 2. The van der Waals surface area contributed by atoms with Gasteiger partial charge in [0.15, 0.2) is 0 Å². The molecule has 0 aliphatic heterocycles. The van der Waals surface area contributed by atoms with Gasteiger partial charge in [0.1, 0.15) is 5.65 Å². The molecule has 5 heteroatoms. The number of aromatic nitrogens is 2. The van der Waals surface area contributed by atoms with Crippen LogP contribution in [0.2, 0.25) is 0 Å². The Bertz CT molecular complexity index is 617. The molecule has 2 aromatic rings. The molecule has 2 aromatic heterocycles. The molecule has 0 saturated carbocycles. The van der Waals surface area contributed by atoms with E-state index in [1.54, 1.807) is 13.8 Å². The molecule has 0 atom stereocenters. The van der Waals surface area contributed by atoms with E-state index in [0.29, 0.717) is 12.8 Å². The molecule has 2 heterocycles. The fourth-order valence-corrected chi connectivity index (χ4v) is 2.18. The summed E-state index contributed by atoms with van der Waals surface area (Å²) >= 11 is 0. The maximum Gasteiger partial charge on any atom is 0.220 e. The van der Waals surface area contributed by atoms with Gasteiger partial charge < -0.3 is 14.8 Å². The second-order valence-corrected chi connectivity index (χ2v) is 5.66. The number of nitrogens with zero attached hydrogens (tertiary/aromatic N) is 2. The Balaban J connectivity index is 2.06. The lowest BCUT2D eigenvalue weighted by atomic mass is 10.1. The number of fused-ring (bicyclic) bond motifs is 1. The molecule has 0 spiro atoms. The average molecular weight is 275 g/mol. The van der Waals surface area contributed by atoms with E-state index in [4.69, 9.17) is 5.11 Å². The van der Waals surface area contributed by atoms with Gasteiger partial charge in [0, 0.05) is 18.3 Å². The highest BCUT2D eigenvalue weighted by Gasteiger charge is 2.19. The summed E-state index contributed by atoms with van der Waals surface area (Å²) in [6.07, 6.45) is 2.97. The zero-order chi connectivity index (χ0) is 14.8. The van der Waals surface area contributed by atoms with E-state index < -0.39 is 5.54 Å². The maximum atomic E-state index is 11.9. The highest BCUT2D eigenvalue weighted by Crippen LogP contribution is 2.13. The Kier molecular flexibility index (Phi) is 4.09. The number of carbonyl (C=O) groups is 1. The number of nitrogens with one attached hydrogen (secondary N) is 1. The first-order valence-corrected chi connectivity index (χ1v) is 6.77. The van der Waals surface area contributed by atoms with Crippen LogP contribution in [-0.2, 0) is 11.2 Å². The summed E-state index contributed by atoms with van der Waals surface area (Å²) in [6.45, 7) is 5.47. The summed E-state index contributed by atoms with van der Waals surface area (Å²) in [5.74, 6) is -0.0608. The maximum absolute atomic E-state index is 11.9. The molecular weight excluding hydrogens is 254 g/mol. The molecule has 0 aromatic carbocycles. The van der Waals surface area contributed by atoms with Gasteiger partial charge in [-0.3, -0.25) is 4.79 Å². The molecule has 1 amide bonds. The van der Waals surface area contributed by atoms with Crippen molar-refractivity contribution in [3.8, 4) is 0 Å². The lowest BCUT2D eigenvalue weighted by Crippen LogP contribution is -2.46. The smallest absolute Gasteiger partial charge is 0.220 e. The second-order valence-electron chi connectivity index (χ2n) is 5.66. The molecule has 20 heavy (non-hydrogen) atoms. The van der Waals surface area contributed by atoms with E-state index in [2.05, 4.69) is 10.3 Å². The zero-order valence-corrected chi connectivity index (χ0v) is 12.2. The lowest BCUT2D eigenvalue weighted by molar-refractivity contribution is -0.123. The Labute approximate surface area is 118 Å². The van der Waals surface area contributed by atoms with Crippen molar-refractivity contribution in [2.24, 2.45) is 0 Å². The van der Waals surface area contributed by atoms with E-state index in [0.717, 1.165) is 17.0 Å². The third-order valence-electron chi connectivity index (χ3n) is 3.29. The number of aliphatic hydroxyl groups excluding tert-OH is 1. The molecule has 0 aliphatic rings. The van der Waals surface area contributed by atoms with E-state index >= 15 is 0 Å². The van der Waals surface area contributed by atoms with Crippen molar-refractivity contribution in [2.45, 2.75) is 39.2 Å². The van der Waals surface area contributed by atoms with Crippen LogP contribution in [0.3, 0.4) is 0 Å². The monoisotopic (exact) mass is 275 g/mol. The van der Waals surface area contributed by atoms with Crippen molar-refractivity contribution in [1.82, 2.24) is 14.7 Å². The van der Waals surface area contributed by atoms with Crippen LogP contribution in [-0.4, -0.2) is 32.5 Å². The van der Waals surface area contributed by atoms with Crippen molar-refractivity contribution >= 4 is 11.6 Å². The number of amides is 1. The van der Waals surface area contributed by atoms with Crippen LogP contribution in [0, 0.1) is 6.92 Å². The molecule has 0 saturated heterocycles. The summed E-state index contributed by atoms with van der Waals surface area (Å²) < 4.78 is 2.01. The van der Waals surface area contributed by atoms with Crippen LogP contribution in [0.5, 0.6) is 0 Å². The van der Waals surface area contributed by atoms with Gasteiger partial charge >= 0.3 is 0 Å². The Hall–Kier alpha value is -1.88. The topological polar surface area (TPSA) is 66.6 Å². The van der Waals surface area contributed by atoms with E-state index in [9.17, 15) is 4.79 Å². The van der Waals surface area contributed by atoms with Crippen LogP contribution < -0.4 is 5.32 Å². The molecule has 2 N–H and O–H groups in total. The molecule has 2 rings (SSSR count). The number of rotatable bonds is 5. The molecule has 0 radical (unpaired) electrons. The van der Waals surface area contributed by atoms with Crippen molar-refractivity contribution in [1.29, 1.82) is 0 Å². The van der Waals surface area contributed by atoms with Crippen molar-refractivity contribution < 1.29 is 9.90 Å². The Morgan fingerprint density at radius 1 is 1.45 bits per heavy atom. The lowest BCUT2D eigenvalue weighted by Gasteiger charge is -2.23. The Morgan fingerprint density at radius 2 is 2.20 bits per heavy atom. The van der Waals surface area contributed by atoms with Crippen LogP contribution >= 0.6 is 0 Å². The normalized spacial score (nSPS) is 11.8. The minimum Gasteiger partial charge on any atom is -0.394 e. The van der Waals surface area contributed by atoms with Gasteiger partial charge in [0.05, 0.1) is 17.8 Å². The fourth-order valence-electron chi connectivity index (χ4n) is 2.18. The van der Waals surface area contributed by atoms with E-state index in [1.165, 1.54) is 0 Å². The SMILES string of the molecule is Cc1nc2ccccn2c1CCC(=O)NC(C)(C)CO. The third-order valence-corrected chi connectivity index (χ3v) is 3.29. The molecule has 0 bridgehead atoms. The number of hydrogen-bond acceptors (Lipinski definition) is 3. The Morgan fingerprint density at radius 3 is 2.90 bits per heavy atom. The second kappa shape index (κ2) is 5.63. The number of pyridine rings is 1. The first-order valence-electron chi connectivity index (χ1n) is 6.77. The van der Waals surface area contributed by atoms with Gasteiger partial charge in [-0.2, -0.15) is 0 Å². The molecule has 0 aliphatic carbocycles. The van der Waals surface area contributed by atoms with E-state index in [-0.39, 0.29) is 12.5 Å². The van der Waals surface area contributed by atoms with Crippen molar-refractivity contribution in [2.75, 3.05) is 6.61 Å². The summed E-state index contributed by atoms with van der Waals surface area (Å²) in [7, 11) is 0. The van der Waals surface area contributed by atoms with E-state index in [1.807, 2.05) is 35.7 Å². The highest BCUT2D eigenvalue weighted by atomic mass is 16.3. The van der Waals surface area contributed by atoms with Crippen LogP contribution in [0.1, 0.15) is 31.7 Å². The van der Waals surface area contributed by atoms with Crippen molar-refractivity contribution in [3.63, 3.8) is 0 Å². The van der Waals surface area contributed by atoms with Gasteiger partial charge in [0.25, 0.3) is 0 Å². The minimum atomic E-state index is -0.578. The summed E-state index contributed by atoms with van der Waals surface area (Å²) in [5.41, 5.74) is 2.32. The number of aliphatic hydroxyl groups is 1. The third kappa shape index (κ3) is 3.17. The van der Waals surface area contributed by atoms with Crippen molar-refractivity contribution in [3.05, 3.63) is 35.8 Å². The van der Waals surface area contributed by atoms with Gasteiger partial charge in [0.2, 0.25) is 5.91 Å². The average Bonchev–Trinajstić information content (AvgIpc) is 2.71. The minimum absolute atomic E-state index is 0.0608. The van der Waals surface area contributed by atoms with Gasteiger partial charge in [-0.15, -0.1) is 0 Å². The fraction of sp³-hybridized carbons (Fsp3) is 0.467. The number of aryl methyl sites for hydroxylation is 2. The van der Waals surface area contributed by atoms with Crippen LogP contribution in [0.15, 0.2) is 24.4 Å². The number of imidazole rings is 1. The summed E-state index contributed by atoms with van der Waals surface area (Å²) in [5, 5.41) is 12.0. The van der Waals surface area contributed by atoms with Crippen LogP contribution in [0.4, 0.5) is 0 Å². The van der Waals surface area contributed by atoms with Gasteiger partial charge in [-0.25, -0.2) is 4.98 Å². The predicted octanol–water partition coefficient (Wildman–Crippen LogP) is 1.46. The molecule has 0 unspecified atom stereocenters. The standard InChI is InChI=1S/C15H21N3O2/c1-11-12(18-9-5-4-6-13(18)16-11)7-8-14(20)17-15(2,3)10-19/h4-6,9,19H,7-8,10H2,1-3H3,(H,17,20). The summed E-state index contributed by atoms with van der Waals surface area (Å²) in [6, 6.07) is 5.85. The first-order chi connectivity index (χ1) is 9.43. The first kappa shape index (κ1) is 14.5. The zero-order valence-electron chi connectivity index (χ0n) is 12.2.